The molecule has 3 saturated carbocycles. The van der Waals surface area contributed by atoms with E-state index in [0.717, 1.165) is 77.0 Å². The van der Waals surface area contributed by atoms with E-state index in [4.69, 9.17) is 19.7 Å². The maximum atomic E-state index is 14.0. The van der Waals surface area contributed by atoms with Crippen LogP contribution in [0.3, 0.4) is 0 Å². The highest BCUT2D eigenvalue weighted by Crippen LogP contribution is 2.43. The average molecular weight is 541 g/mol. The zero-order chi connectivity index (χ0) is 27.2. The van der Waals surface area contributed by atoms with Gasteiger partial charge < -0.3 is 19.7 Å². The van der Waals surface area contributed by atoms with Gasteiger partial charge in [0.25, 0.3) is 0 Å². The molecule has 2 N–H and O–H groups in total. The third-order valence-corrected chi connectivity index (χ3v) is 8.40. The van der Waals surface area contributed by atoms with Crippen LogP contribution in [0.15, 0.2) is 0 Å². The molecule has 3 unspecified atom stereocenters. The Kier molecular flexibility index (Phi) is 13.8. The van der Waals surface area contributed by atoms with Crippen LogP contribution >= 0.6 is 0 Å². The summed E-state index contributed by atoms with van der Waals surface area (Å²) in [5.74, 6) is 11.0. The maximum Gasteiger partial charge on any atom is 0.393 e. The average Bonchev–Trinajstić information content (AvgIpc) is 2.92. The Morgan fingerprint density at radius 2 is 1.03 bits per heavy atom. The SMILES string of the molecule is OCCCCOC1CCC(C#CC2CCC(C#CC3CCC(OCCCCO)CC3)C(C(F)(F)F)C2)CC1. The monoisotopic (exact) mass is 540 g/mol. The molecule has 0 aliphatic heterocycles. The number of halogens is 3. The second-order valence-corrected chi connectivity index (χ2v) is 11.4. The highest BCUT2D eigenvalue weighted by Gasteiger charge is 2.47. The summed E-state index contributed by atoms with van der Waals surface area (Å²) >= 11 is 0. The number of rotatable bonds is 10. The van der Waals surface area contributed by atoms with E-state index in [9.17, 15) is 13.2 Å². The summed E-state index contributed by atoms with van der Waals surface area (Å²) in [7, 11) is 0. The van der Waals surface area contributed by atoms with E-state index in [2.05, 4.69) is 23.7 Å². The van der Waals surface area contributed by atoms with Crippen LogP contribution in [0, 0.1) is 53.3 Å². The minimum atomic E-state index is -4.24. The van der Waals surface area contributed by atoms with Gasteiger partial charge in [0.1, 0.15) is 0 Å². The molecular formula is C31H47F3O4. The van der Waals surface area contributed by atoms with Crippen LogP contribution in [0.5, 0.6) is 0 Å². The summed E-state index contributed by atoms with van der Waals surface area (Å²) in [5.41, 5.74) is 0. The van der Waals surface area contributed by atoms with Crippen LogP contribution in [0.1, 0.15) is 96.3 Å². The minimum absolute atomic E-state index is 0.0631. The Morgan fingerprint density at radius 1 is 0.579 bits per heavy atom. The van der Waals surface area contributed by atoms with Gasteiger partial charge in [-0.2, -0.15) is 13.2 Å². The molecule has 0 aromatic heterocycles. The molecule has 4 nitrogen and oxygen atoms in total. The lowest BCUT2D eigenvalue weighted by Gasteiger charge is -2.33. The minimum Gasteiger partial charge on any atom is -0.396 e. The molecule has 3 rings (SSSR count). The van der Waals surface area contributed by atoms with Crippen molar-refractivity contribution in [1.29, 1.82) is 0 Å². The fourth-order valence-corrected chi connectivity index (χ4v) is 5.97. The van der Waals surface area contributed by atoms with Crippen molar-refractivity contribution in [3.63, 3.8) is 0 Å². The van der Waals surface area contributed by atoms with Crippen LogP contribution in [-0.2, 0) is 9.47 Å². The first-order valence-corrected chi connectivity index (χ1v) is 14.9. The molecule has 3 aliphatic carbocycles. The van der Waals surface area contributed by atoms with Gasteiger partial charge in [-0.05, 0) is 96.3 Å². The van der Waals surface area contributed by atoms with Gasteiger partial charge >= 0.3 is 6.18 Å². The highest BCUT2D eigenvalue weighted by molar-refractivity contribution is 5.15. The lowest BCUT2D eigenvalue weighted by Crippen LogP contribution is -2.35. The van der Waals surface area contributed by atoms with E-state index in [-0.39, 0.29) is 49.6 Å². The van der Waals surface area contributed by atoms with Crippen molar-refractivity contribution in [2.45, 2.75) is 115 Å². The van der Waals surface area contributed by atoms with Crippen LogP contribution in [0.4, 0.5) is 13.2 Å². The van der Waals surface area contributed by atoms with Gasteiger partial charge in [0.2, 0.25) is 0 Å². The van der Waals surface area contributed by atoms with Crippen LogP contribution < -0.4 is 0 Å². The van der Waals surface area contributed by atoms with E-state index in [1.807, 2.05) is 0 Å². The lowest BCUT2D eigenvalue weighted by atomic mass is 9.73. The first-order chi connectivity index (χ1) is 18.4. The zero-order valence-electron chi connectivity index (χ0n) is 22.8. The quantitative estimate of drug-likeness (QED) is 0.253. The number of hydrogen-bond donors (Lipinski definition) is 2. The second-order valence-electron chi connectivity index (χ2n) is 11.4. The van der Waals surface area contributed by atoms with E-state index >= 15 is 0 Å². The molecule has 0 saturated heterocycles. The number of aliphatic hydroxyl groups is 2. The smallest absolute Gasteiger partial charge is 0.393 e. The number of ether oxygens (including phenoxy) is 2. The Balaban J connectivity index is 1.43. The standard InChI is InChI=1S/C31H47F3O4/c32-31(33,34)30-23-26(6-5-24-9-15-28(16-10-24)37-21-3-1-19-35)8-14-27(30)13-7-25-11-17-29(18-12-25)38-22-4-2-20-36/h24-30,35-36H,1-4,8-12,14-23H2. The van der Waals surface area contributed by atoms with E-state index < -0.39 is 18.0 Å². The molecule has 7 heteroatoms. The van der Waals surface area contributed by atoms with Crippen LogP contribution in [-0.4, -0.2) is 55.0 Å². The molecular weight excluding hydrogens is 493 g/mol. The van der Waals surface area contributed by atoms with Gasteiger partial charge in [-0.25, -0.2) is 0 Å². The molecule has 0 amide bonds. The Hall–Kier alpha value is -1.25. The van der Waals surface area contributed by atoms with Crippen molar-refractivity contribution in [2.75, 3.05) is 26.4 Å². The van der Waals surface area contributed by atoms with Gasteiger partial charge in [0.15, 0.2) is 0 Å². The number of unbranched alkanes of at least 4 members (excludes halogenated alkanes) is 2. The molecule has 0 bridgehead atoms. The van der Waals surface area contributed by atoms with Gasteiger partial charge in [-0.15, -0.1) is 0 Å². The Morgan fingerprint density at radius 3 is 1.50 bits per heavy atom. The summed E-state index contributed by atoms with van der Waals surface area (Å²) < 4.78 is 53.6. The molecule has 0 radical (unpaired) electrons. The van der Waals surface area contributed by atoms with Gasteiger partial charge in [0.05, 0.1) is 18.1 Å². The van der Waals surface area contributed by atoms with Crippen LogP contribution in [0.2, 0.25) is 0 Å². The predicted molar refractivity (Wildman–Crippen MR) is 142 cm³/mol. The van der Waals surface area contributed by atoms with E-state index in [1.54, 1.807) is 0 Å². The van der Waals surface area contributed by atoms with E-state index in [1.165, 1.54) is 0 Å². The predicted octanol–water partition coefficient (Wildman–Crippen LogP) is 6.28. The highest BCUT2D eigenvalue weighted by atomic mass is 19.4. The second kappa shape index (κ2) is 16.8. The first kappa shape index (κ1) is 31.3. The van der Waals surface area contributed by atoms with Crippen molar-refractivity contribution in [1.82, 2.24) is 0 Å². The normalized spacial score (nSPS) is 32.1. The molecule has 3 atom stereocenters. The first-order valence-electron chi connectivity index (χ1n) is 14.9. The van der Waals surface area contributed by atoms with Crippen molar-refractivity contribution in [3.05, 3.63) is 0 Å². The van der Waals surface area contributed by atoms with Gasteiger partial charge in [-0.3, -0.25) is 0 Å². The summed E-state index contributed by atoms with van der Waals surface area (Å²) in [6.07, 6.45) is 8.01. The topological polar surface area (TPSA) is 58.9 Å². The third-order valence-electron chi connectivity index (χ3n) is 8.40. The Labute approximate surface area is 227 Å². The third kappa shape index (κ3) is 11.1. The van der Waals surface area contributed by atoms with Crippen molar-refractivity contribution in [2.24, 2.45) is 29.6 Å². The molecule has 3 aliphatic rings. The number of alkyl halides is 3. The summed E-state index contributed by atoms with van der Waals surface area (Å²) in [6.45, 7) is 1.71. The summed E-state index contributed by atoms with van der Waals surface area (Å²) in [4.78, 5) is 0. The van der Waals surface area contributed by atoms with Crippen molar-refractivity contribution < 1.29 is 32.9 Å². The van der Waals surface area contributed by atoms with Crippen molar-refractivity contribution in [3.8, 4) is 23.7 Å². The fraction of sp³-hybridized carbons (Fsp3) is 0.871. The van der Waals surface area contributed by atoms with Crippen molar-refractivity contribution >= 4 is 0 Å². The largest absolute Gasteiger partial charge is 0.396 e. The molecule has 0 aromatic rings. The molecule has 0 heterocycles. The maximum absolute atomic E-state index is 14.0. The van der Waals surface area contributed by atoms with E-state index in [0.29, 0.717) is 26.1 Å². The summed E-state index contributed by atoms with van der Waals surface area (Å²) in [6, 6.07) is 0. The molecule has 0 aromatic carbocycles. The van der Waals surface area contributed by atoms with Crippen LogP contribution in [0.25, 0.3) is 0 Å². The zero-order valence-corrected chi connectivity index (χ0v) is 22.8. The lowest BCUT2D eigenvalue weighted by molar-refractivity contribution is -0.192. The molecule has 38 heavy (non-hydrogen) atoms. The summed E-state index contributed by atoms with van der Waals surface area (Å²) in [5, 5.41) is 17.7. The molecule has 216 valence electrons. The van der Waals surface area contributed by atoms with Gasteiger partial charge in [0, 0.05) is 50.1 Å². The Bertz CT molecular complexity index is 777. The number of hydrogen-bond acceptors (Lipinski definition) is 4. The molecule has 0 spiro atoms. The fourth-order valence-electron chi connectivity index (χ4n) is 5.97. The number of aliphatic hydroxyl groups excluding tert-OH is 2. The van der Waals surface area contributed by atoms with Gasteiger partial charge in [-0.1, -0.05) is 23.7 Å². The molecule has 3 fully saturated rings.